The third-order valence-electron chi connectivity index (χ3n) is 7.24. The second kappa shape index (κ2) is 8.19. The Labute approximate surface area is 188 Å². The molecule has 6 nitrogen and oxygen atoms in total. The summed E-state index contributed by atoms with van der Waals surface area (Å²) in [5, 5.41) is 0. The number of fused-ring (bicyclic) bond motifs is 1. The summed E-state index contributed by atoms with van der Waals surface area (Å²) in [7, 11) is 0. The van der Waals surface area contributed by atoms with Crippen LogP contribution >= 0.6 is 11.3 Å². The van der Waals surface area contributed by atoms with Crippen LogP contribution in [0.4, 0.5) is 5.82 Å². The molecule has 1 aliphatic carbocycles. The van der Waals surface area contributed by atoms with Crippen molar-refractivity contribution in [2.45, 2.75) is 45.2 Å². The van der Waals surface area contributed by atoms with Gasteiger partial charge in [-0.15, -0.1) is 11.3 Å². The Morgan fingerprint density at radius 1 is 1.10 bits per heavy atom. The van der Waals surface area contributed by atoms with Gasteiger partial charge in [-0.25, -0.2) is 9.97 Å². The third-order valence-corrected chi connectivity index (χ3v) is 8.16. The van der Waals surface area contributed by atoms with E-state index in [1.807, 2.05) is 5.51 Å². The van der Waals surface area contributed by atoms with Gasteiger partial charge in [0.05, 0.1) is 22.9 Å². The molecule has 0 N–H and O–H groups in total. The highest BCUT2D eigenvalue weighted by molar-refractivity contribution is 7.09. The molecule has 2 saturated heterocycles. The van der Waals surface area contributed by atoms with Gasteiger partial charge >= 0.3 is 0 Å². The normalized spacial score (nSPS) is 23.3. The van der Waals surface area contributed by atoms with Crippen LogP contribution in [0.3, 0.4) is 0 Å². The van der Waals surface area contributed by atoms with Crippen LogP contribution in [0, 0.1) is 12.8 Å². The Morgan fingerprint density at radius 3 is 2.74 bits per heavy atom. The summed E-state index contributed by atoms with van der Waals surface area (Å²) in [6, 6.07) is 6.96. The lowest BCUT2D eigenvalue weighted by atomic mass is 10.1. The molecule has 164 valence electrons. The first-order valence-corrected chi connectivity index (χ1v) is 12.7. The van der Waals surface area contributed by atoms with Crippen LogP contribution in [0.2, 0.25) is 0 Å². The fraction of sp³-hybridized carbons (Fsp3) is 0.583. The van der Waals surface area contributed by atoms with Crippen LogP contribution < -0.4 is 4.90 Å². The summed E-state index contributed by atoms with van der Waals surface area (Å²) in [6.07, 6.45) is 7.72. The number of imidazole rings is 1. The number of aryl methyl sites for hydroxylation is 1. The first kappa shape index (κ1) is 19.7. The molecule has 5 heterocycles. The zero-order valence-electron chi connectivity index (χ0n) is 18.4. The Kier molecular flexibility index (Phi) is 5.20. The van der Waals surface area contributed by atoms with Crippen LogP contribution in [-0.2, 0) is 6.54 Å². The van der Waals surface area contributed by atoms with Gasteiger partial charge in [0.2, 0.25) is 0 Å². The summed E-state index contributed by atoms with van der Waals surface area (Å²) in [4.78, 5) is 18.9. The molecule has 0 bridgehead atoms. The van der Waals surface area contributed by atoms with E-state index in [1.165, 1.54) is 54.3 Å². The number of hydrogen-bond acceptors (Lipinski definition) is 6. The molecule has 31 heavy (non-hydrogen) atoms. The van der Waals surface area contributed by atoms with Crippen molar-refractivity contribution in [2.24, 2.45) is 5.92 Å². The molecule has 0 amide bonds. The number of rotatable bonds is 6. The smallest absolute Gasteiger partial charge is 0.138 e. The number of thiazole rings is 1. The number of piperazine rings is 1. The van der Waals surface area contributed by atoms with Gasteiger partial charge in [-0.3, -0.25) is 14.2 Å². The van der Waals surface area contributed by atoms with Crippen molar-refractivity contribution in [3.8, 4) is 0 Å². The maximum Gasteiger partial charge on any atom is 0.138 e. The molecule has 0 radical (unpaired) electrons. The van der Waals surface area contributed by atoms with Crippen LogP contribution in [0.25, 0.3) is 5.65 Å². The Bertz CT molecular complexity index is 1050. The molecule has 3 fully saturated rings. The molecule has 1 atom stereocenters. The van der Waals surface area contributed by atoms with Crippen molar-refractivity contribution < 1.29 is 0 Å². The molecular weight excluding hydrogens is 404 g/mol. The topological polar surface area (TPSA) is 39.9 Å². The van der Waals surface area contributed by atoms with Gasteiger partial charge in [-0.2, -0.15) is 0 Å². The van der Waals surface area contributed by atoms with Crippen molar-refractivity contribution in [2.75, 3.05) is 44.2 Å². The van der Waals surface area contributed by atoms with Crippen molar-refractivity contribution in [3.05, 3.63) is 46.2 Å². The van der Waals surface area contributed by atoms with Crippen molar-refractivity contribution >= 4 is 22.8 Å². The fourth-order valence-corrected chi connectivity index (χ4v) is 6.03. The van der Waals surface area contributed by atoms with Gasteiger partial charge < -0.3 is 4.90 Å². The van der Waals surface area contributed by atoms with Gasteiger partial charge in [0, 0.05) is 56.9 Å². The molecule has 3 aliphatic rings. The van der Waals surface area contributed by atoms with E-state index in [9.17, 15) is 0 Å². The van der Waals surface area contributed by atoms with Gasteiger partial charge in [0.1, 0.15) is 11.5 Å². The lowest BCUT2D eigenvalue weighted by Gasteiger charge is -2.40. The van der Waals surface area contributed by atoms with E-state index in [2.05, 4.69) is 55.4 Å². The molecule has 0 aromatic carbocycles. The summed E-state index contributed by atoms with van der Waals surface area (Å²) in [5.74, 6) is 2.20. The molecule has 3 aromatic heterocycles. The average molecular weight is 437 g/mol. The standard InChI is InChI=1S/C24H32N6S/c1-18-22(31-17-25-18)16-27-11-12-29(13-19-7-8-19)21(15-27)20-14-30-23(26-20)5-4-6-24(30)28-9-2-3-10-28/h4-6,14,17,19,21H,2-3,7-13,15-16H2,1H3. The molecule has 6 rings (SSSR count). The maximum atomic E-state index is 5.15. The van der Waals surface area contributed by atoms with E-state index >= 15 is 0 Å². The zero-order valence-corrected chi connectivity index (χ0v) is 19.2. The minimum Gasteiger partial charge on any atom is -0.358 e. The van der Waals surface area contributed by atoms with Crippen LogP contribution in [-0.4, -0.2) is 63.4 Å². The summed E-state index contributed by atoms with van der Waals surface area (Å²) in [6.45, 7) is 10.00. The number of aromatic nitrogens is 3. The minimum atomic E-state index is 0.369. The van der Waals surface area contributed by atoms with Crippen LogP contribution in [0.15, 0.2) is 29.9 Å². The van der Waals surface area contributed by atoms with Gasteiger partial charge in [0.25, 0.3) is 0 Å². The first-order valence-electron chi connectivity index (χ1n) is 11.8. The lowest BCUT2D eigenvalue weighted by molar-refractivity contribution is 0.0644. The zero-order chi connectivity index (χ0) is 20.8. The van der Waals surface area contributed by atoms with E-state index in [-0.39, 0.29) is 0 Å². The molecular formula is C24H32N6S. The predicted octanol–water partition coefficient (Wildman–Crippen LogP) is 3.97. The van der Waals surface area contributed by atoms with Crippen molar-refractivity contribution in [3.63, 3.8) is 0 Å². The molecule has 0 spiro atoms. The van der Waals surface area contributed by atoms with E-state index in [0.717, 1.165) is 50.8 Å². The molecule has 7 heteroatoms. The Hall–Kier alpha value is -1.96. The minimum absolute atomic E-state index is 0.369. The maximum absolute atomic E-state index is 5.15. The number of hydrogen-bond donors (Lipinski definition) is 0. The summed E-state index contributed by atoms with van der Waals surface area (Å²) in [5.41, 5.74) is 5.48. The molecule has 1 unspecified atom stereocenters. The van der Waals surface area contributed by atoms with Gasteiger partial charge in [-0.1, -0.05) is 6.07 Å². The largest absolute Gasteiger partial charge is 0.358 e. The van der Waals surface area contributed by atoms with Crippen molar-refractivity contribution in [1.82, 2.24) is 24.2 Å². The van der Waals surface area contributed by atoms with E-state index in [4.69, 9.17) is 4.98 Å². The number of pyridine rings is 1. The number of nitrogens with zero attached hydrogens (tertiary/aromatic N) is 6. The Balaban J connectivity index is 1.30. The van der Waals surface area contributed by atoms with Gasteiger partial charge in [-0.05, 0) is 50.7 Å². The molecule has 1 saturated carbocycles. The van der Waals surface area contributed by atoms with Crippen molar-refractivity contribution in [1.29, 1.82) is 0 Å². The van der Waals surface area contributed by atoms with E-state index in [1.54, 1.807) is 11.3 Å². The predicted molar refractivity (Wildman–Crippen MR) is 126 cm³/mol. The summed E-state index contributed by atoms with van der Waals surface area (Å²) < 4.78 is 2.34. The van der Waals surface area contributed by atoms with Crippen LogP contribution in [0.5, 0.6) is 0 Å². The monoisotopic (exact) mass is 436 g/mol. The average Bonchev–Trinajstić information content (AvgIpc) is 3.16. The number of anilines is 1. The quantitative estimate of drug-likeness (QED) is 0.585. The highest BCUT2D eigenvalue weighted by Gasteiger charge is 2.34. The first-order chi connectivity index (χ1) is 15.2. The highest BCUT2D eigenvalue weighted by atomic mass is 32.1. The summed E-state index contributed by atoms with van der Waals surface area (Å²) >= 11 is 1.79. The fourth-order valence-electron chi connectivity index (χ4n) is 5.21. The second-order valence-electron chi connectivity index (χ2n) is 9.52. The molecule has 2 aliphatic heterocycles. The third kappa shape index (κ3) is 3.99. The van der Waals surface area contributed by atoms with E-state index < -0.39 is 0 Å². The lowest BCUT2D eigenvalue weighted by Crippen LogP contribution is -2.48. The second-order valence-corrected chi connectivity index (χ2v) is 10.5. The van der Waals surface area contributed by atoms with Crippen LogP contribution in [0.1, 0.15) is 48.0 Å². The van der Waals surface area contributed by atoms with E-state index in [0.29, 0.717) is 6.04 Å². The molecule has 3 aromatic rings. The highest BCUT2D eigenvalue weighted by Crippen LogP contribution is 2.35. The van der Waals surface area contributed by atoms with Gasteiger partial charge in [0.15, 0.2) is 0 Å². The Morgan fingerprint density at radius 2 is 1.97 bits per heavy atom. The SMILES string of the molecule is Cc1ncsc1CN1CCN(CC2CC2)C(c2cn3c(N4CCCC4)cccc3n2)C1.